The molecule has 0 bridgehead atoms. The fourth-order valence-corrected chi connectivity index (χ4v) is 2.56. The Morgan fingerprint density at radius 2 is 1.71 bits per heavy atom. The first-order chi connectivity index (χ1) is 9.94. The van der Waals surface area contributed by atoms with E-state index in [0.717, 1.165) is 5.56 Å². The van der Waals surface area contributed by atoms with Crippen LogP contribution in [0.2, 0.25) is 0 Å². The molecule has 112 valence electrons. The van der Waals surface area contributed by atoms with Crippen molar-refractivity contribution in [1.29, 1.82) is 0 Å². The van der Waals surface area contributed by atoms with Crippen molar-refractivity contribution in [2.45, 2.75) is 11.8 Å². The van der Waals surface area contributed by atoms with E-state index in [1.165, 1.54) is 32.4 Å². The van der Waals surface area contributed by atoms with Gasteiger partial charge in [-0.15, -0.1) is 0 Å². The fraction of sp³-hybridized carbons (Fsp3) is 0.231. The largest absolute Gasteiger partial charge is 0.481 e. The summed E-state index contributed by atoms with van der Waals surface area (Å²) in [7, 11) is -0.933. The lowest BCUT2D eigenvalue weighted by Gasteiger charge is -2.09. The summed E-state index contributed by atoms with van der Waals surface area (Å²) in [6.07, 6.45) is 0. The molecule has 0 aliphatic heterocycles. The van der Waals surface area contributed by atoms with E-state index in [1.807, 2.05) is 6.92 Å². The van der Waals surface area contributed by atoms with Crippen molar-refractivity contribution in [2.24, 2.45) is 0 Å². The van der Waals surface area contributed by atoms with Gasteiger partial charge in [-0.05, 0) is 19.1 Å². The third-order valence-electron chi connectivity index (χ3n) is 2.64. The van der Waals surface area contributed by atoms with E-state index >= 15 is 0 Å². The third kappa shape index (κ3) is 3.60. The molecule has 2 aromatic rings. The van der Waals surface area contributed by atoms with Gasteiger partial charge in [-0.25, -0.2) is 8.42 Å². The maximum absolute atomic E-state index is 12.3. The van der Waals surface area contributed by atoms with Crippen molar-refractivity contribution in [2.75, 3.05) is 18.9 Å². The molecule has 0 unspecified atom stereocenters. The minimum Gasteiger partial charge on any atom is -0.481 e. The maximum atomic E-state index is 12.3. The molecule has 0 radical (unpaired) electrons. The number of ether oxygens (including phenoxy) is 2. The van der Waals surface area contributed by atoms with Gasteiger partial charge in [0.1, 0.15) is 0 Å². The second-order valence-electron chi connectivity index (χ2n) is 4.20. The minimum absolute atomic E-state index is 0.0101. The number of nitrogens with zero attached hydrogens (tertiary/aromatic N) is 2. The Balaban J connectivity index is 2.34. The molecule has 0 amide bonds. The van der Waals surface area contributed by atoms with Gasteiger partial charge in [0, 0.05) is 6.07 Å². The van der Waals surface area contributed by atoms with Gasteiger partial charge in [0.05, 0.1) is 19.1 Å². The summed E-state index contributed by atoms with van der Waals surface area (Å²) in [6, 6.07) is 7.86. The summed E-state index contributed by atoms with van der Waals surface area (Å²) in [5.41, 5.74) is 0.972. The molecule has 1 heterocycles. The number of hydrogen-bond donors (Lipinski definition) is 1. The van der Waals surface area contributed by atoms with Crippen LogP contribution in [-0.2, 0) is 10.0 Å². The Kier molecular flexibility index (Phi) is 4.27. The molecule has 0 atom stereocenters. The van der Waals surface area contributed by atoms with Gasteiger partial charge in [0.2, 0.25) is 5.88 Å². The number of methoxy groups -OCH3 is 2. The zero-order chi connectivity index (χ0) is 15.5. The number of anilines is 1. The number of nitrogens with one attached hydrogen (secondary N) is 1. The number of hydrogen-bond acceptors (Lipinski definition) is 6. The number of rotatable bonds is 5. The quantitative estimate of drug-likeness (QED) is 0.902. The van der Waals surface area contributed by atoms with Crippen LogP contribution in [0.5, 0.6) is 11.9 Å². The van der Waals surface area contributed by atoms with Gasteiger partial charge < -0.3 is 9.47 Å². The van der Waals surface area contributed by atoms with Crippen molar-refractivity contribution < 1.29 is 17.9 Å². The molecule has 0 aliphatic rings. The molecule has 1 N–H and O–H groups in total. The highest BCUT2D eigenvalue weighted by molar-refractivity contribution is 7.92. The van der Waals surface area contributed by atoms with Crippen molar-refractivity contribution in [1.82, 2.24) is 9.97 Å². The lowest BCUT2D eigenvalue weighted by atomic mass is 10.2. The minimum atomic E-state index is -3.73. The zero-order valence-electron chi connectivity index (χ0n) is 11.8. The molecule has 1 aromatic heterocycles. The van der Waals surface area contributed by atoms with Crippen molar-refractivity contribution in [3.05, 3.63) is 35.9 Å². The third-order valence-corrected chi connectivity index (χ3v) is 4.01. The molecule has 2 rings (SSSR count). The SMILES string of the molecule is COc1cc(NS(=O)(=O)c2ccc(C)cc2)nc(OC)n1. The first-order valence-corrected chi connectivity index (χ1v) is 7.49. The monoisotopic (exact) mass is 309 g/mol. The van der Waals surface area contributed by atoms with E-state index in [-0.39, 0.29) is 22.6 Å². The number of sulfonamides is 1. The van der Waals surface area contributed by atoms with E-state index < -0.39 is 10.0 Å². The highest BCUT2D eigenvalue weighted by Gasteiger charge is 2.16. The normalized spacial score (nSPS) is 11.0. The van der Waals surface area contributed by atoms with Gasteiger partial charge >= 0.3 is 6.01 Å². The molecule has 0 saturated carbocycles. The lowest BCUT2D eigenvalue weighted by molar-refractivity contribution is 0.353. The highest BCUT2D eigenvalue weighted by Crippen LogP contribution is 2.20. The summed E-state index contributed by atoms with van der Waals surface area (Å²) < 4.78 is 36.7. The summed E-state index contributed by atoms with van der Waals surface area (Å²) in [4.78, 5) is 7.96. The molecule has 1 aromatic carbocycles. The van der Waals surface area contributed by atoms with Crippen LogP contribution in [0, 0.1) is 6.92 Å². The van der Waals surface area contributed by atoms with Crippen molar-refractivity contribution >= 4 is 15.8 Å². The van der Waals surface area contributed by atoms with E-state index in [4.69, 9.17) is 9.47 Å². The van der Waals surface area contributed by atoms with Crippen LogP contribution in [0.1, 0.15) is 5.56 Å². The average Bonchev–Trinajstić information content (AvgIpc) is 2.46. The van der Waals surface area contributed by atoms with Gasteiger partial charge in [-0.1, -0.05) is 17.7 Å². The van der Waals surface area contributed by atoms with E-state index in [1.54, 1.807) is 12.1 Å². The number of aryl methyl sites for hydroxylation is 1. The smallest absolute Gasteiger partial charge is 0.321 e. The van der Waals surface area contributed by atoms with E-state index in [0.29, 0.717) is 0 Å². The first-order valence-electron chi connectivity index (χ1n) is 6.01. The van der Waals surface area contributed by atoms with Crippen molar-refractivity contribution in [3.63, 3.8) is 0 Å². The van der Waals surface area contributed by atoms with E-state index in [9.17, 15) is 8.42 Å². The summed E-state index contributed by atoms with van der Waals surface area (Å²) in [5, 5.41) is 0. The van der Waals surface area contributed by atoms with Crippen LogP contribution in [0.4, 0.5) is 5.82 Å². The summed E-state index contributed by atoms with van der Waals surface area (Å²) in [6.45, 7) is 1.88. The molecular formula is C13H15N3O4S. The second-order valence-corrected chi connectivity index (χ2v) is 5.88. The van der Waals surface area contributed by atoms with Crippen LogP contribution in [-0.4, -0.2) is 32.6 Å². The van der Waals surface area contributed by atoms with Crippen LogP contribution in [0.3, 0.4) is 0 Å². The van der Waals surface area contributed by atoms with Gasteiger partial charge in [-0.3, -0.25) is 4.72 Å². The molecule has 21 heavy (non-hydrogen) atoms. The number of aromatic nitrogens is 2. The van der Waals surface area contributed by atoms with Gasteiger partial charge in [-0.2, -0.15) is 9.97 Å². The molecule has 0 spiro atoms. The van der Waals surface area contributed by atoms with Crippen LogP contribution in [0.25, 0.3) is 0 Å². The molecule has 0 fully saturated rings. The van der Waals surface area contributed by atoms with E-state index in [2.05, 4.69) is 14.7 Å². The predicted octanol–water partition coefficient (Wildman–Crippen LogP) is 1.60. The zero-order valence-corrected chi connectivity index (χ0v) is 12.6. The molecule has 0 aliphatic carbocycles. The summed E-state index contributed by atoms with van der Waals surface area (Å²) in [5.74, 6) is 0.266. The maximum Gasteiger partial charge on any atom is 0.321 e. The second kappa shape index (κ2) is 5.96. The van der Waals surface area contributed by atoms with Crippen molar-refractivity contribution in [3.8, 4) is 11.9 Å². The van der Waals surface area contributed by atoms with Crippen LogP contribution < -0.4 is 14.2 Å². The Morgan fingerprint density at radius 1 is 1.05 bits per heavy atom. The molecule has 7 nitrogen and oxygen atoms in total. The highest BCUT2D eigenvalue weighted by atomic mass is 32.2. The Hall–Kier alpha value is -2.35. The van der Waals surface area contributed by atoms with Crippen LogP contribution >= 0.6 is 0 Å². The predicted molar refractivity (Wildman–Crippen MR) is 77.1 cm³/mol. The van der Waals surface area contributed by atoms with Gasteiger partial charge in [0.15, 0.2) is 5.82 Å². The standard InChI is InChI=1S/C13H15N3O4S/c1-9-4-6-10(7-5-9)21(17,18)16-11-8-12(19-2)15-13(14-11)20-3/h4-8H,1-3H3,(H,14,15,16). The molecule has 8 heteroatoms. The Morgan fingerprint density at radius 3 is 2.29 bits per heavy atom. The Bertz CT molecular complexity index is 707. The fourth-order valence-electron chi connectivity index (χ4n) is 1.57. The molecule has 0 saturated heterocycles. The lowest BCUT2D eigenvalue weighted by Crippen LogP contribution is -2.14. The number of benzene rings is 1. The Labute approximate surface area is 123 Å². The topological polar surface area (TPSA) is 90.4 Å². The van der Waals surface area contributed by atoms with Crippen LogP contribution in [0.15, 0.2) is 35.2 Å². The summed E-state index contributed by atoms with van der Waals surface area (Å²) >= 11 is 0. The average molecular weight is 309 g/mol. The van der Waals surface area contributed by atoms with Gasteiger partial charge in [0.25, 0.3) is 10.0 Å². The molecular weight excluding hydrogens is 294 g/mol. The first kappa shape index (κ1) is 15.0.